The van der Waals surface area contributed by atoms with E-state index in [1.165, 1.54) is 0 Å². The van der Waals surface area contributed by atoms with Crippen LogP contribution in [-0.2, 0) is 4.79 Å². The van der Waals surface area contributed by atoms with Crippen molar-refractivity contribution in [3.8, 4) is 5.75 Å². The zero-order valence-electron chi connectivity index (χ0n) is 11.8. The second-order valence-corrected chi connectivity index (χ2v) is 6.74. The van der Waals surface area contributed by atoms with Gasteiger partial charge in [-0.3, -0.25) is 4.79 Å². The number of hydrogen-bond acceptors (Lipinski definition) is 2. The minimum atomic E-state index is -0.157. The molecule has 0 spiro atoms. The molecule has 0 fully saturated rings. The van der Waals surface area contributed by atoms with Crippen molar-refractivity contribution < 1.29 is 9.53 Å². The second kappa shape index (κ2) is 6.30. The monoisotopic (exact) mass is 425 g/mol. The molecule has 0 saturated heterocycles. The summed E-state index contributed by atoms with van der Waals surface area (Å²) in [6.07, 6.45) is 1.82. The highest BCUT2D eigenvalue weighted by Gasteiger charge is 2.18. The number of fused-ring (bicyclic) bond motifs is 1. The van der Waals surface area contributed by atoms with Crippen molar-refractivity contribution in [2.24, 2.45) is 0 Å². The average molecular weight is 426 g/mol. The highest BCUT2D eigenvalue weighted by Crippen LogP contribution is 2.29. The van der Waals surface area contributed by atoms with Crippen LogP contribution < -0.4 is 10.1 Å². The number of carbonyl (C=O) groups is 1. The topological polar surface area (TPSA) is 38.3 Å². The molecular formula is C17H13ClINO2. The molecule has 22 heavy (non-hydrogen) atoms. The van der Waals surface area contributed by atoms with Crippen molar-refractivity contribution >= 4 is 51.9 Å². The summed E-state index contributed by atoms with van der Waals surface area (Å²) in [6.45, 7) is 2.22. The van der Waals surface area contributed by atoms with Gasteiger partial charge in [-0.15, -0.1) is 0 Å². The largest absolute Gasteiger partial charge is 0.488 e. The Labute approximate surface area is 147 Å². The molecule has 5 heteroatoms. The third-order valence-corrected chi connectivity index (χ3v) is 4.32. The van der Waals surface area contributed by atoms with Gasteiger partial charge in [0.25, 0.3) is 5.91 Å². The number of benzene rings is 2. The van der Waals surface area contributed by atoms with Crippen LogP contribution in [0.25, 0.3) is 6.08 Å². The Balaban J connectivity index is 1.84. The van der Waals surface area contributed by atoms with Gasteiger partial charge in [0.05, 0.1) is 5.57 Å². The zero-order chi connectivity index (χ0) is 15.7. The fourth-order valence-electron chi connectivity index (χ4n) is 2.25. The number of halogens is 2. The van der Waals surface area contributed by atoms with E-state index in [2.05, 4.69) is 27.9 Å². The first-order chi connectivity index (χ1) is 10.5. The molecule has 2 aromatic carbocycles. The summed E-state index contributed by atoms with van der Waals surface area (Å²) < 4.78 is 6.75. The summed E-state index contributed by atoms with van der Waals surface area (Å²) >= 11 is 8.23. The Morgan fingerprint density at radius 2 is 2.09 bits per heavy atom. The molecule has 0 bridgehead atoms. The fourth-order valence-corrected chi connectivity index (χ4v) is 3.08. The molecule has 3 nitrogen and oxygen atoms in total. The molecule has 112 valence electrons. The third kappa shape index (κ3) is 3.28. The van der Waals surface area contributed by atoms with E-state index in [9.17, 15) is 4.79 Å². The minimum absolute atomic E-state index is 0.157. The number of rotatable bonds is 2. The predicted octanol–water partition coefficient (Wildman–Crippen LogP) is 4.67. The van der Waals surface area contributed by atoms with Crippen molar-refractivity contribution in [2.75, 3.05) is 11.9 Å². The van der Waals surface area contributed by atoms with Gasteiger partial charge < -0.3 is 10.1 Å². The number of nitrogens with one attached hydrogen (secondary N) is 1. The Bertz CT molecular complexity index is 786. The molecule has 0 atom stereocenters. The van der Waals surface area contributed by atoms with Gasteiger partial charge in [0.1, 0.15) is 12.4 Å². The van der Waals surface area contributed by atoms with Crippen LogP contribution in [0.5, 0.6) is 5.75 Å². The second-order valence-electron chi connectivity index (χ2n) is 5.05. The quantitative estimate of drug-likeness (QED) is 0.710. The summed E-state index contributed by atoms with van der Waals surface area (Å²) in [5, 5.41) is 3.55. The fraction of sp³-hybridized carbons (Fsp3) is 0.118. The lowest BCUT2D eigenvalue weighted by atomic mass is 10.1. The number of carbonyl (C=O) groups excluding carboxylic acids is 1. The maximum Gasteiger partial charge on any atom is 0.255 e. The molecule has 1 aliphatic heterocycles. The number of hydrogen-bond donors (Lipinski definition) is 1. The van der Waals surface area contributed by atoms with Crippen LogP contribution in [0.2, 0.25) is 5.02 Å². The van der Waals surface area contributed by atoms with Gasteiger partial charge in [-0.25, -0.2) is 0 Å². The van der Waals surface area contributed by atoms with E-state index >= 15 is 0 Å². The highest BCUT2D eigenvalue weighted by atomic mass is 127. The third-order valence-electron chi connectivity index (χ3n) is 3.41. The van der Waals surface area contributed by atoms with Crippen molar-refractivity contribution in [2.45, 2.75) is 6.92 Å². The van der Waals surface area contributed by atoms with Gasteiger partial charge >= 0.3 is 0 Å². The summed E-state index contributed by atoms with van der Waals surface area (Å²) in [4.78, 5) is 12.4. The molecule has 0 saturated carbocycles. The minimum Gasteiger partial charge on any atom is -0.488 e. The van der Waals surface area contributed by atoms with Crippen molar-refractivity contribution in [3.05, 3.63) is 61.7 Å². The lowest BCUT2D eigenvalue weighted by molar-refractivity contribution is -0.113. The van der Waals surface area contributed by atoms with Gasteiger partial charge in [-0.05, 0) is 77.6 Å². The van der Waals surface area contributed by atoms with Crippen LogP contribution >= 0.6 is 34.2 Å². The van der Waals surface area contributed by atoms with Gasteiger partial charge in [-0.2, -0.15) is 0 Å². The molecule has 0 aliphatic carbocycles. The summed E-state index contributed by atoms with van der Waals surface area (Å²) in [7, 11) is 0. The Morgan fingerprint density at radius 3 is 2.86 bits per heavy atom. The SMILES string of the molecule is Cc1cc(I)ccc1NC(=O)C1=Cc2cc(Cl)ccc2OC1. The Morgan fingerprint density at radius 1 is 1.27 bits per heavy atom. The van der Waals surface area contributed by atoms with E-state index in [-0.39, 0.29) is 12.5 Å². The van der Waals surface area contributed by atoms with Gasteiger partial charge in [0.2, 0.25) is 0 Å². The molecular weight excluding hydrogens is 413 g/mol. The van der Waals surface area contributed by atoms with Crippen molar-refractivity contribution in [1.82, 2.24) is 0 Å². The van der Waals surface area contributed by atoms with Crippen LogP contribution in [0.15, 0.2) is 42.0 Å². The maximum absolute atomic E-state index is 12.4. The van der Waals surface area contributed by atoms with Gasteiger partial charge in [0.15, 0.2) is 0 Å². The molecule has 1 N–H and O–H groups in total. The Kier molecular flexibility index (Phi) is 4.40. The van der Waals surface area contributed by atoms with Crippen LogP contribution in [0.1, 0.15) is 11.1 Å². The molecule has 0 aromatic heterocycles. The Hall–Kier alpha value is -1.53. The molecule has 3 rings (SSSR count). The zero-order valence-corrected chi connectivity index (χ0v) is 14.7. The van der Waals surface area contributed by atoms with Crippen LogP contribution in [-0.4, -0.2) is 12.5 Å². The molecule has 1 heterocycles. The lowest BCUT2D eigenvalue weighted by Gasteiger charge is -2.18. The van der Waals surface area contributed by atoms with E-state index in [0.717, 1.165) is 26.1 Å². The lowest BCUT2D eigenvalue weighted by Crippen LogP contribution is -2.21. The molecule has 1 amide bonds. The summed E-state index contributed by atoms with van der Waals surface area (Å²) in [5.74, 6) is 0.585. The van der Waals surface area contributed by atoms with Crippen LogP contribution in [0.4, 0.5) is 5.69 Å². The first kappa shape index (κ1) is 15.4. The van der Waals surface area contributed by atoms with E-state index in [1.807, 2.05) is 37.3 Å². The summed E-state index contributed by atoms with van der Waals surface area (Å²) in [5.41, 5.74) is 3.24. The maximum atomic E-state index is 12.4. The standard InChI is InChI=1S/C17H13ClINO2/c1-10-6-14(19)3-4-15(10)20-17(21)12-7-11-8-13(18)2-5-16(11)22-9-12/h2-8H,9H2,1H3,(H,20,21). The number of amides is 1. The first-order valence-corrected chi connectivity index (χ1v) is 8.19. The van der Waals surface area contributed by atoms with Crippen molar-refractivity contribution in [3.63, 3.8) is 0 Å². The number of aryl methyl sites for hydroxylation is 1. The van der Waals surface area contributed by atoms with Gasteiger partial charge in [-0.1, -0.05) is 11.6 Å². The van der Waals surface area contributed by atoms with Crippen LogP contribution in [0.3, 0.4) is 0 Å². The smallest absolute Gasteiger partial charge is 0.255 e. The molecule has 1 aliphatic rings. The van der Waals surface area contributed by atoms with E-state index < -0.39 is 0 Å². The molecule has 2 aromatic rings. The summed E-state index contributed by atoms with van der Waals surface area (Å²) in [6, 6.07) is 11.3. The highest BCUT2D eigenvalue weighted by molar-refractivity contribution is 14.1. The van der Waals surface area contributed by atoms with Crippen molar-refractivity contribution in [1.29, 1.82) is 0 Å². The van der Waals surface area contributed by atoms with Crippen LogP contribution in [0, 0.1) is 10.5 Å². The van der Waals surface area contributed by atoms with E-state index in [4.69, 9.17) is 16.3 Å². The predicted molar refractivity (Wildman–Crippen MR) is 97.4 cm³/mol. The molecule has 0 radical (unpaired) electrons. The average Bonchev–Trinajstić information content (AvgIpc) is 2.49. The van der Waals surface area contributed by atoms with E-state index in [1.54, 1.807) is 12.1 Å². The normalized spacial score (nSPS) is 13.0. The number of anilines is 1. The van der Waals surface area contributed by atoms with Gasteiger partial charge in [0, 0.05) is 19.8 Å². The number of ether oxygens (including phenoxy) is 1. The first-order valence-electron chi connectivity index (χ1n) is 6.73. The molecule has 0 unspecified atom stereocenters. The van der Waals surface area contributed by atoms with E-state index in [0.29, 0.717) is 10.6 Å².